The number of amidine groups is 1. The lowest BCUT2D eigenvalue weighted by Gasteiger charge is -2.24. The van der Waals surface area contributed by atoms with Crippen molar-refractivity contribution in [2.45, 2.75) is 46.0 Å². The second-order valence-electron chi connectivity index (χ2n) is 9.02. The summed E-state index contributed by atoms with van der Waals surface area (Å²) < 4.78 is 48.7. The molecule has 2 heterocycles. The maximum absolute atomic E-state index is 13.8. The van der Waals surface area contributed by atoms with E-state index in [9.17, 15) is 8.42 Å². The van der Waals surface area contributed by atoms with Crippen LogP contribution in [0.25, 0.3) is 17.1 Å². The number of benzene rings is 1. The summed E-state index contributed by atoms with van der Waals surface area (Å²) in [6, 6.07) is 7.07. The Bertz CT molecular complexity index is 1490. The first-order valence-corrected chi connectivity index (χ1v) is 14.0. The molecule has 0 unspecified atom stereocenters. The summed E-state index contributed by atoms with van der Waals surface area (Å²) in [4.78, 5) is 12.5. The molecule has 214 valence electrons. The normalized spacial score (nSPS) is 13.3. The van der Waals surface area contributed by atoms with Crippen LogP contribution in [-0.4, -0.2) is 72.9 Å². The van der Waals surface area contributed by atoms with Gasteiger partial charge in [-0.15, -0.1) is 10.2 Å². The van der Waals surface area contributed by atoms with Crippen molar-refractivity contribution in [1.29, 1.82) is 0 Å². The van der Waals surface area contributed by atoms with Gasteiger partial charge in [-0.1, -0.05) is 11.6 Å². The molecule has 1 aromatic carbocycles. The highest BCUT2D eigenvalue weighted by atomic mass is 32.2. The van der Waals surface area contributed by atoms with Gasteiger partial charge in [0.15, 0.2) is 11.7 Å². The van der Waals surface area contributed by atoms with Gasteiger partial charge in [-0.3, -0.25) is 14.3 Å². The van der Waals surface area contributed by atoms with Crippen molar-refractivity contribution < 1.29 is 22.6 Å². The minimum Gasteiger partial charge on any atom is -0.494 e. The van der Waals surface area contributed by atoms with Gasteiger partial charge >= 0.3 is 0 Å². The summed E-state index contributed by atoms with van der Waals surface area (Å²) in [6.45, 7) is 12.7. The summed E-state index contributed by atoms with van der Waals surface area (Å²) in [7, 11) is -1.15. The Balaban J connectivity index is 2.19. The minimum absolute atomic E-state index is 0.0873. The molecule has 0 aliphatic carbocycles. The number of rotatable bonds is 12. The SMILES string of the molecule is C=N/C(=N\C=C(C)C)[C@H](OCC)[C@H](C)S(=O)(=O)Nc1nnc(-c2cncc(C)c2)n1-c1c(OC)cccc1OC. The fourth-order valence-corrected chi connectivity index (χ4v) is 4.96. The van der Waals surface area contributed by atoms with Crippen LogP contribution in [0.15, 0.2) is 58.4 Å². The molecule has 0 saturated heterocycles. The standard InChI is InChI=1S/C27H35N7O5S/c1-9-39-24(25(28-6)30-14-17(2)3)19(5)40(35,36)33-27-32-31-26(20-13-18(4)15-29-16-20)34(27)23-21(37-7)11-10-12-22(23)38-8/h10-16,19,24H,6,9H2,1-5,7-8H3,(H,32,33)/b30-25-/t19-,24+/m0/s1. The Hall–Kier alpha value is -4.10. The molecule has 0 amide bonds. The maximum Gasteiger partial charge on any atom is 0.243 e. The van der Waals surface area contributed by atoms with Gasteiger partial charge in [-0.25, -0.2) is 18.4 Å². The van der Waals surface area contributed by atoms with Crippen LogP contribution in [0, 0.1) is 6.92 Å². The van der Waals surface area contributed by atoms with Gasteiger partial charge in [0.25, 0.3) is 0 Å². The molecule has 0 bridgehead atoms. The number of anilines is 1. The first kappa shape index (κ1) is 30.4. The van der Waals surface area contributed by atoms with E-state index in [1.165, 1.54) is 25.7 Å². The van der Waals surface area contributed by atoms with E-state index >= 15 is 0 Å². The molecule has 2 aromatic heterocycles. The van der Waals surface area contributed by atoms with E-state index in [-0.39, 0.29) is 18.4 Å². The van der Waals surface area contributed by atoms with Gasteiger partial charge < -0.3 is 14.2 Å². The van der Waals surface area contributed by atoms with E-state index < -0.39 is 21.4 Å². The Morgan fingerprint density at radius 1 is 1.18 bits per heavy atom. The van der Waals surface area contributed by atoms with Gasteiger partial charge in [0.2, 0.25) is 16.0 Å². The largest absolute Gasteiger partial charge is 0.494 e. The third-order valence-corrected chi connectivity index (χ3v) is 7.48. The van der Waals surface area contributed by atoms with Crippen molar-refractivity contribution in [3.63, 3.8) is 0 Å². The molecule has 0 aliphatic heterocycles. The van der Waals surface area contributed by atoms with Crippen LogP contribution in [0.4, 0.5) is 5.95 Å². The first-order chi connectivity index (χ1) is 19.1. The minimum atomic E-state index is -4.16. The van der Waals surface area contributed by atoms with Gasteiger partial charge in [0.05, 0.1) is 14.2 Å². The van der Waals surface area contributed by atoms with Crippen LogP contribution in [0.5, 0.6) is 11.5 Å². The fraction of sp³-hybridized carbons (Fsp3) is 0.370. The zero-order chi connectivity index (χ0) is 29.4. The number of aromatic nitrogens is 4. The Labute approximate surface area is 234 Å². The van der Waals surface area contributed by atoms with Crippen molar-refractivity contribution in [1.82, 2.24) is 19.7 Å². The Morgan fingerprint density at radius 3 is 2.40 bits per heavy atom. The van der Waals surface area contributed by atoms with E-state index in [1.54, 1.807) is 43.7 Å². The lowest BCUT2D eigenvalue weighted by atomic mass is 10.2. The molecule has 0 spiro atoms. The number of methoxy groups -OCH3 is 2. The second-order valence-corrected chi connectivity index (χ2v) is 11.1. The number of nitrogens with zero attached hydrogens (tertiary/aromatic N) is 6. The molecule has 3 aromatic rings. The summed E-state index contributed by atoms with van der Waals surface area (Å²) in [6.07, 6.45) is 3.89. The molecule has 0 saturated carbocycles. The number of sulfonamides is 1. The molecule has 3 rings (SSSR count). The van der Waals surface area contributed by atoms with Crippen molar-refractivity contribution in [3.8, 4) is 28.6 Å². The summed E-state index contributed by atoms with van der Waals surface area (Å²) in [5.41, 5.74) is 2.80. The monoisotopic (exact) mass is 569 g/mol. The predicted molar refractivity (Wildman–Crippen MR) is 156 cm³/mol. The number of nitrogens with one attached hydrogen (secondary N) is 1. The van der Waals surface area contributed by atoms with Gasteiger partial charge in [0, 0.05) is 30.8 Å². The molecule has 0 radical (unpaired) electrons. The molecule has 40 heavy (non-hydrogen) atoms. The molecular formula is C27H35N7O5S. The smallest absolute Gasteiger partial charge is 0.243 e. The maximum atomic E-state index is 13.8. The van der Waals surface area contributed by atoms with Crippen LogP contribution < -0.4 is 14.2 Å². The van der Waals surface area contributed by atoms with E-state index in [0.29, 0.717) is 28.6 Å². The molecule has 13 heteroatoms. The highest BCUT2D eigenvalue weighted by molar-refractivity contribution is 7.93. The molecular weight excluding hydrogens is 534 g/mol. The number of hydrogen-bond acceptors (Lipinski definition) is 9. The number of aryl methyl sites for hydroxylation is 1. The molecule has 12 nitrogen and oxygen atoms in total. The number of hydrogen-bond donors (Lipinski definition) is 1. The van der Waals surface area contributed by atoms with E-state index in [1.807, 2.05) is 26.8 Å². The molecule has 1 N–H and O–H groups in total. The van der Waals surface area contributed by atoms with Gasteiger partial charge in [-0.05, 0) is 65.1 Å². The average Bonchev–Trinajstić information content (AvgIpc) is 3.33. The molecule has 0 aliphatic rings. The number of para-hydroxylation sites is 1. The molecule has 0 fully saturated rings. The topological polar surface area (TPSA) is 142 Å². The Kier molecular flexibility index (Phi) is 10.1. The van der Waals surface area contributed by atoms with E-state index in [2.05, 4.69) is 36.6 Å². The van der Waals surface area contributed by atoms with Crippen LogP contribution in [-0.2, 0) is 14.8 Å². The summed E-state index contributed by atoms with van der Waals surface area (Å²) >= 11 is 0. The van der Waals surface area contributed by atoms with Gasteiger partial charge in [-0.2, -0.15) is 0 Å². The van der Waals surface area contributed by atoms with Crippen LogP contribution in [0.2, 0.25) is 0 Å². The number of ether oxygens (including phenoxy) is 3. The highest BCUT2D eigenvalue weighted by Crippen LogP contribution is 2.38. The highest BCUT2D eigenvalue weighted by Gasteiger charge is 2.35. The average molecular weight is 570 g/mol. The van der Waals surface area contributed by atoms with Crippen molar-refractivity contribution in [3.05, 3.63) is 54.0 Å². The van der Waals surface area contributed by atoms with E-state index in [4.69, 9.17) is 14.2 Å². The zero-order valence-electron chi connectivity index (χ0n) is 23.7. The van der Waals surface area contributed by atoms with Crippen LogP contribution >= 0.6 is 0 Å². The van der Waals surface area contributed by atoms with Crippen LogP contribution in [0.3, 0.4) is 0 Å². The number of aliphatic imine (C=N–C) groups is 2. The Morgan fingerprint density at radius 2 is 1.85 bits per heavy atom. The van der Waals surface area contributed by atoms with E-state index in [0.717, 1.165) is 11.1 Å². The summed E-state index contributed by atoms with van der Waals surface area (Å²) in [5.74, 6) is 1.20. The fourth-order valence-electron chi connectivity index (χ4n) is 3.86. The second kappa shape index (κ2) is 13.3. The third-order valence-electron chi connectivity index (χ3n) is 5.79. The van der Waals surface area contributed by atoms with Crippen molar-refractivity contribution >= 4 is 28.5 Å². The number of allylic oxidation sites excluding steroid dienone is 1. The lowest BCUT2D eigenvalue weighted by Crippen LogP contribution is -2.42. The van der Waals surface area contributed by atoms with Crippen LogP contribution in [0.1, 0.15) is 33.3 Å². The third kappa shape index (κ3) is 6.72. The predicted octanol–water partition coefficient (Wildman–Crippen LogP) is 4.21. The van der Waals surface area contributed by atoms with Gasteiger partial charge in [0.1, 0.15) is 28.5 Å². The first-order valence-electron chi connectivity index (χ1n) is 12.5. The molecule has 2 atom stereocenters. The summed E-state index contributed by atoms with van der Waals surface area (Å²) in [5, 5.41) is 7.39. The zero-order valence-corrected chi connectivity index (χ0v) is 24.6. The quantitative estimate of drug-likeness (QED) is 0.252. The van der Waals surface area contributed by atoms with Crippen molar-refractivity contribution in [2.75, 3.05) is 25.5 Å². The lowest BCUT2D eigenvalue weighted by molar-refractivity contribution is 0.108. The number of pyridine rings is 1. The van der Waals surface area contributed by atoms with Crippen molar-refractivity contribution in [2.24, 2.45) is 9.98 Å².